The second-order valence-corrected chi connectivity index (χ2v) is 9.20. The van der Waals surface area contributed by atoms with E-state index in [1.807, 2.05) is 61.5 Å². The first-order valence-electron chi connectivity index (χ1n) is 11.4. The number of aromatic nitrogens is 2. The first kappa shape index (κ1) is 25.5. The van der Waals surface area contributed by atoms with Crippen LogP contribution in [-0.4, -0.2) is 27.6 Å². The summed E-state index contributed by atoms with van der Waals surface area (Å²) in [6, 6.07) is 21.1. The maximum atomic E-state index is 12.5. The van der Waals surface area contributed by atoms with Gasteiger partial charge in [0.05, 0.1) is 18.1 Å². The first-order valence-corrected chi connectivity index (χ1v) is 12.1. The fourth-order valence-corrected chi connectivity index (χ4v) is 4.61. The van der Waals surface area contributed by atoms with Gasteiger partial charge in [0.2, 0.25) is 11.8 Å². The van der Waals surface area contributed by atoms with Crippen LogP contribution >= 0.6 is 23.2 Å². The summed E-state index contributed by atoms with van der Waals surface area (Å²) >= 11 is 12.2. The van der Waals surface area contributed by atoms with Crippen molar-refractivity contribution >= 4 is 29.1 Å². The van der Waals surface area contributed by atoms with Gasteiger partial charge in [0.1, 0.15) is 17.2 Å². The molecule has 0 aliphatic rings. The summed E-state index contributed by atoms with van der Waals surface area (Å²) < 4.78 is 5.78. The molecule has 1 atom stereocenters. The summed E-state index contributed by atoms with van der Waals surface area (Å²) in [6.45, 7) is 2.29. The van der Waals surface area contributed by atoms with E-state index in [0.29, 0.717) is 29.2 Å². The fourth-order valence-electron chi connectivity index (χ4n) is 4.16. The summed E-state index contributed by atoms with van der Waals surface area (Å²) in [4.78, 5) is 20.1. The molecule has 184 valence electrons. The van der Waals surface area contributed by atoms with Gasteiger partial charge in [0.25, 0.3) is 0 Å². The molecule has 0 fully saturated rings. The van der Waals surface area contributed by atoms with Gasteiger partial charge in [0.15, 0.2) is 0 Å². The maximum Gasteiger partial charge on any atom is 0.225 e. The number of nitrogens with two attached hydrogens (primary N) is 1. The van der Waals surface area contributed by atoms with Crippen LogP contribution in [0.2, 0.25) is 10.2 Å². The minimum atomic E-state index is -0.509. The summed E-state index contributed by atoms with van der Waals surface area (Å²) in [5.74, 6) is -0.454. The highest BCUT2D eigenvalue weighted by molar-refractivity contribution is 6.30. The lowest BCUT2D eigenvalue weighted by Crippen LogP contribution is -2.23. The second-order valence-electron chi connectivity index (χ2n) is 8.41. The molecule has 1 heterocycles. The zero-order valence-corrected chi connectivity index (χ0v) is 21.1. The lowest BCUT2D eigenvalue weighted by Gasteiger charge is -2.18. The van der Waals surface area contributed by atoms with Gasteiger partial charge in [0, 0.05) is 11.4 Å². The molecule has 3 N–H and O–H groups in total. The van der Waals surface area contributed by atoms with Crippen LogP contribution in [0.1, 0.15) is 28.2 Å². The quantitative estimate of drug-likeness (QED) is 0.267. The number of hydrogen-bond donors (Lipinski definition) is 2. The highest BCUT2D eigenvalue weighted by Gasteiger charge is 2.21. The average molecular weight is 522 g/mol. The Morgan fingerprint density at radius 2 is 1.78 bits per heavy atom. The van der Waals surface area contributed by atoms with Crippen LogP contribution in [0.3, 0.4) is 0 Å². The van der Waals surface area contributed by atoms with E-state index in [0.717, 1.165) is 27.8 Å². The van der Waals surface area contributed by atoms with Gasteiger partial charge in [-0.3, -0.25) is 4.79 Å². The van der Waals surface area contributed by atoms with Gasteiger partial charge in [-0.15, -0.1) is 0 Å². The number of hydrogen-bond acceptors (Lipinski definition) is 5. The van der Waals surface area contributed by atoms with E-state index in [9.17, 15) is 9.90 Å². The SMILES string of the molecule is Cc1cc(Cl)ccc1-c1ccccc1CC(C(N)=O)c1ccc(OCCc2c(O)ncnc2Cl)cc1. The molecule has 0 saturated heterocycles. The number of rotatable bonds is 9. The molecule has 0 aliphatic carbocycles. The van der Waals surface area contributed by atoms with Gasteiger partial charge in [-0.2, -0.15) is 0 Å². The van der Waals surface area contributed by atoms with Crippen LogP contribution in [0, 0.1) is 6.92 Å². The molecular weight excluding hydrogens is 497 g/mol. The number of carbonyl (C=O) groups is 1. The van der Waals surface area contributed by atoms with Crippen molar-refractivity contribution in [1.29, 1.82) is 0 Å². The number of nitrogens with zero attached hydrogens (tertiary/aromatic N) is 2. The van der Waals surface area contributed by atoms with Crippen LogP contribution in [-0.2, 0) is 17.6 Å². The van der Waals surface area contributed by atoms with Crippen molar-refractivity contribution in [1.82, 2.24) is 9.97 Å². The Morgan fingerprint density at radius 3 is 2.47 bits per heavy atom. The normalized spacial score (nSPS) is 11.8. The van der Waals surface area contributed by atoms with Crippen LogP contribution in [0.5, 0.6) is 11.6 Å². The molecular formula is C28H25Cl2N3O3. The lowest BCUT2D eigenvalue weighted by molar-refractivity contribution is -0.119. The number of ether oxygens (including phenoxy) is 1. The van der Waals surface area contributed by atoms with Gasteiger partial charge >= 0.3 is 0 Å². The number of aryl methyl sites for hydroxylation is 1. The molecule has 1 unspecified atom stereocenters. The summed E-state index contributed by atoms with van der Waals surface area (Å²) in [6.07, 6.45) is 2.00. The van der Waals surface area contributed by atoms with E-state index in [4.69, 9.17) is 33.7 Å². The predicted octanol–water partition coefficient (Wildman–Crippen LogP) is 5.90. The van der Waals surface area contributed by atoms with E-state index in [1.54, 1.807) is 12.1 Å². The fraction of sp³-hybridized carbons (Fsp3) is 0.179. The molecule has 36 heavy (non-hydrogen) atoms. The first-order chi connectivity index (χ1) is 17.3. The highest BCUT2D eigenvalue weighted by atomic mass is 35.5. The van der Waals surface area contributed by atoms with Crippen molar-refractivity contribution in [3.63, 3.8) is 0 Å². The third-order valence-electron chi connectivity index (χ3n) is 6.04. The number of amides is 1. The van der Waals surface area contributed by atoms with E-state index >= 15 is 0 Å². The number of aromatic hydroxyl groups is 1. The predicted molar refractivity (Wildman–Crippen MR) is 142 cm³/mol. The Labute approximate surface area is 219 Å². The third-order valence-corrected chi connectivity index (χ3v) is 6.60. The summed E-state index contributed by atoms with van der Waals surface area (Å²) in [7, 11) is 0. The van der Waals surface area contributed by atoms with Crippen molar-refractivity contribution < 1.29 is 14.6 Å². The molecule has 3 aromatic carbocycles. The molecule has 0 bridgehead atoms. The molecule has 1 amide bonds. The van der Waals surface area contributed by atoms with Crippen LogP contribution in [0.25, 0.3) is 11.1 Å². The molecule has 8 heteroatoms. The van der Waals surface area contributed by atoms with Crippen molar-refractivity contribution in [3.05, 3.63) is 105 Å². The van der Waals surface area contributed by atoms with Crippen molar-refractivity contribution in [3.8, 4) is 22.8 Å². The Kier molecular flexibility index (Phi) is 8.08. The Hall–Kier alpha value is -3.61. The number of benzene rings is 3. The standard InChI is InChI=1S/C28H25Cl2N3O3/c1-17-14-20(29)8-11-22(17)23-5-3-2-4-19(23)15-25(27(31)34)18-6-9-21(10-7-18)36-13-12-24-26(30)32-16-33-28(24)35/h2-11,14,16,25H,12-13,15H2,1H3,(H2,31,34)(H,32,33,35). The molecule has 1 aromatic heterocycles. The molecule has 0 spiro atoms. The Balaban J connectivity index is 1.49. The Morgan fingerprint density at radius 1 is 1.03 bits per heavy atom. The van der Waals surface area contributed by atoms with Gasteiger partial charge in [-0.25, -0.2) is 9.97 Å². The van der Waals surface area contributed by atoms with Crippen molar-refractivity contribution in [2.45, 2.75) is 25.7 Å². The Bertz CT molecular complexity index is 1360. The van der Waals surface area contributed by atoms with Crippen LogP contribution in [0.4, 0.5) is 0 Å². The molecule has 0 aliphatic heterocycles. The van der Waals surface area contributed by atoms with E-state index in [1.165, 1.54) is 6.33 Å². The van der Waals surface area contributed by atoms with Crippen LogP contribution in [0.15, 0.2) is 73.1 Å². The minimum absolute atomic E-state index is 0.160. The minimum Gasteiger partial charge on any atom is -0.493 e. The summed E-state index contributed by atoms with van der Waals surface area (Å²) in [5, 5.41) is 10.7. The summed E-state index contributed by atoms with van der Waals surface area (Å²) in [5.41, 5.74) is 11.3. The van der Waals surface area contributed by atoms with Crippen molar-refractivity contribution in [2.75, 3.05) is 6.61 Å². The zero-order valence-electron chi connectivity index (χ0n) is 19.6. The van der Waals surface area contributed by atoms with Gasteiger partial charge in [-0.05, 0) is 65.4 Å². The molecule has 0 saturated carbocycles. The largest absolute Gasteiger partial charge is 0.493 e. The van der Waals surface area contributed by atoms with Gasteiger partial charge < -0.3 is 15.6 Å². The molecule has 4 aromatic rings. The number of halogens is 2. The third kappa shape index (κ3) is 5.96. The van der Waals surface area contributed by atoms with E-state index in [2.05, 4.69) is 9.97 Å². The lowest BCUT2D eigenvalue weighted by atomic mass is 9.87. The molecule has 6 nitrogen and oxygen atoms in total. The highest BCUT2D eigenvalue weighted by Crippen LogP contribution is 2.32. The van der Waals surface area contributed by atoms with Crippen molar-refractivity contribution in [2.24, 2.45) is 5.73 Å². The number of primary amides is 1. The topological polar surface area (TPSA) is 98.3 Å². The molecule has 0 radical (unpaired) electrons. The second kappa shape index (κ2) is 11.4. The van der Waals surface area contributed by atoms with Gasteiger partial charge in [-0.1, -0.05) is 65.7 Å². The average Bonchev–Trinajstić information content (AvgIpc) is 2.85. The zero-order chi connectivity index (χ0) is 25.7. The van der Waals surface area contributed by atoms with E-state index < -0.39 is 11.8 Å². The van der Waals surface area contributed by atoms with Crippen LogP contribution < -0.4 is 10.5 Å². The maximum absolute atomic E-state index is 12.5. The molecule has 4 rings (SSSR count). The smallest absolute Gasteiger partial charge is 0.225 e. The van der Waals surface area contributed by atoms with E-state index in [-0.39, 0.29) is 17.6 Å². The number of carbonyl (C=O) groups excluding carboxylic acids is 1. The monoisotopic (exact) mass is 521 g/mol.